The molecule has 1 N–H and O–H groups in total. The maximum Gasteiger partial charge on any atom is 0.227 e. The van der Waals surface area contributed by atoms with E-state index in [9.17, 15) is 9.18 Å². The van der Waals surface area contributed by atoms with Gasteiger partial charge in [-0.15, -0.1) is 0 Å². The molecule has 8 heteroatoms. The van der Waals surface area contributed by atoms with Crippen molar-refractivity contribution in [3.8, 4) is 17.0 Å². The van der Waals surface area contributed by atoms with Crippen LogP contribution in [0, 0.1) is 5.82 Å². The van der Waals surface area contributed by atoms with Crippen molar-refractivity contribution in [3.63, 3.8) is 0 Å². The Labute approximate surface area is 178 Å². The number of fused-ring (bicyclic) bond motifs is 1. The molecule has 0 saturated carbocycles. The Balaban J connectivity index is 1.44. The van der Waals surface area contributed by atoms with Gasteiger partial charge in [-0.1, -0.05) is 0 Å². The summed E-state index contributed by atoms with van der Waals surface area (Å²) in [5, 5.41) is 3.28. The lowest BCUT2D eigenvalue weighted by molar-refractivity contribution is -0.117. The van der Waals surface area contributed by atoms with Crippen LogP contribution in [0.25, 0.3) is 16.9 Å². The van der Waals surface area contributed by atoms with Crippen LogP contribution in [0.4, 0.5) is 21.6 Å². The van der Waals surface area contributed by atoms with Gasteiger partial charge in [0.2, 0.25) is 5.91 Å². The predicted molar refractivity (Wildman–Crippen MR) is 116 cm³/mol. The number of ether oxygens (including phenoxy) is 1. The van der Waals surface area contributed by atoms with Crippen molar-refractivity contribution in [2.45, 2.75) is 12.8 Å². The zero-order chi connectivity index (χ0) is 21.4. The summed E-state index contributed by atoms with van der Waals surface area (Å²) in [4.78, 5) is 22.6. The molecule has 1 fully saturated rings. The minimum Gasteiger partial charge on any atom is -0.494 e. The molecule has 3 heterocycles. The number of hydrogen-bond acceptors (Lipinski definition) is 5. The number of nitrogens with one attached hydrogen (secondary N) is 1. The molecule has 156 valence electrons. The number of nitrogens with zero attached hydrogens (tertiary/aromatic N) is 4. The summed E-state index contributed by atoms with van der Waals surface area (Å²) in [6.45, 7) is 0.759. The van der Waals surface area contributed by atoms with Crippen molar-refractivity contribution in [3.05, 3.63) is 66.9 Å². The molecule has 1 aliphatic rings. The quantitative estimate of drug-likeness (QED) is 0.521. The standard InChI is InChI=1S/C23H20FN5O2/c1-31-20-9-4-15(13-18(20)24)19-14-26-23-22(25-10-12-29(19)23)27-16-5-7-17(8-6-16)28-11-2-3-21(28)30/h4-10,12-14H,2-3,11H2,1H3,(H,25,27). The van der Waals surface area contributed by atoms with E-state index in [0.29, 0.717) is 23.4 Å². The summed E-state index contributed by atoms with van der Waals surface area (Å²) < 4.78 is 21.0. The number of aromatic nitrogens is 3. The predicted octanol–water partition coefficient (Wildman–Crippen LogP) is 4.41. The lowest BCUT2D eigenvalue weighted by Crippen LogP contribution is -2.23. The molecule has 5 rings (SSSR count). The summed E-state index contributed by atoms with van der Waals surface area (Å²) >= 11 is 0. The van der Waals surface area contributed by atoms with Gasteiger partial charge in [0, 0.05) is 42.3 Å². The summed E-state index contributed by atoms with van der Waals surface area (Å²) in [5.74, 6) is 0.499. The van der Waals surface area contributed by atoms with Crippen molar-refractivity contribution in [2.75, 3.05) is 23.9 Å². The normalized spacial score (nSPS) is 13.7. The molecule has 1 aliphatic heterocycles. The fourth-order valence-corrected chi connectivity index (χ4v) is 3.83. The first-order valence-corrected chi connectivity index (χ1v) is 9.97. The van der Waals surface area contributed by atoms with Gasteiger partial charge < -0.3 is 15.0 Å². The second-order valence-electron chi connectivity index (χ2n) is 7.28. The number of hydrogen-bond donors (Lipinski definition) is 1. The maximum absolute atomic E-state index is 14.2. The van der Waals surface area contributed by atoms with E-state index >= 15 is 0 Å². The molecule has 0 spiro atoms. The van der Waals surface area contributed by atoms with E-state index in [1.54, 1.807) is 35.6 Å². The van der Waals surface area contributed by atoms with Gasteiger partial charge in [-0.05, 0) is 48.9 Å². The molecule has 7 nitrogen and oxygen atoms in total. The summed E-state index contributed by atoms with van der Waals surface area (Å²) in [6, 6.07) is 12.5. The molecule has 0 atom stereocenters. The lowest BCUT2D eigenvalue weighted by atomic mass is 10.1. The number of amides is 1. The Bertz CT molecular complexity index is 1270. The van der Waals surface area contributed by atoms with Crippen LogP contribution in [-0.4, -0.2) is 33.9 Å². The van der Waals surface area contributed by atoms with Gasteiger partial charge >= 0.3 is 0 Å². The van der Waals surface area contributed by atoms with Crippen LogP contribution < -0.4 is 15.0 Å². The van der Waals surface area contributed by atoms with Gasteiger partial charge in [-0.3, -0.25) is 9.20 Å². The monoisotopic (exact) mass is 417 g/mol. The zero-order valence-corrected chi connectivity index (χ0v) is 16.9. The maximum atomic E-state index is 14.2. The highest BCUT2D eigenvalue weighted by atomic mass is 19.1. The second kappa shape index (κ2) is 7.71. The number of anilines is 3. The van der Waals surface area contributed by atoms with Gasteiger partial charge in [-0.25, -0.2) is 14.4 Å². The molecule has 1 saturated heterocycles. The molecule has 0 radical (unpaired) electrons. The minimum atomic E-state index is -0.432. The molecule has 0 unspecified atom stereocenters. The summed E-state index contributed by atoms with van der Waals surface area (Å²) in [7, 11) is 1.44. The molecule has 0 bridgehead atoms. The van der Waals surface area contributed by atoms with Crippen molar-refractivity contribution in [2.24, 2.45) is 0 Å². The highest BCUT2D eigenvalue weighted by Gasteiger charge is 2.21. The Morgan fingerprint density at radius 3 is 2.68 bits per heavy atom. The highest BCUT2D eigenvalue weighted by molar-refractivity contribution is 5.95. The first-order chi connectivity index (χ1) is 15.1. The van der Waals surface area contributed by atoms with Crippen molar-refractivity contribution < 1.29 is 13.9 Å². The van der Waals surface area contributed by atoms with Gasteiger partial charge in [-0.2, -0.15) is 0 Å². The van der Waals surface area contributed by atoms with Crippen LogP contribution in [0.15, 0.2) is 61.1 Å². The zero-order valence-electron chi connectivity index (χ0n) is 16.9. The molecule has 0 aliphatic carbocycles. The van der Waals surface area contributed by atoms with Crippen LogP contribution in [0.1, 0.15) is 12.8 Å². The molecule has 2 aromatic heterocycles. The van der Waals surface area contributed by atoms with Gasteiger partial charge in [0.05, 0.1) is 19.0 Å². The Hall–Kier alpha value is -3.94. The third kappa shape index (κ3) is 3.46. The SMILES string of the molecule is COc1ccc(-c2cnc3c(Nc4ccc(N5CCCC5=O)cc4)nccn23)cc1F. The number of imidazole rings is 1. The Kier molecular flexibility index (Phi) is 4.74. The first kappa shape index (κ1) is 19.0. The second-order valence-corrected chi connectivity index (χ2v) is 7.28. The lowest BCUT2D eigenvalue weighted by Gasteiger charge is -2.16. The van der Waals surface area contributed by atoms with Crippen molar-refractivity contribution in [1.82, 2.24) is 14.4 Å². The number of methoxy groups -OCH3 is 1. The van der Waals surface area contributed by atoms with Crippen LogP contribution in [0.2, 0.25) is 0 Å². The van der Waals surface area contributed by atoms with E-state index in [1.807, 2.05) is 28.7 Å². The fraction of sp³-hybridized carbons (Fsp3) is 0.174. The summed E-state index contributed by atoms with van der Waals surface area (Å²) in [5.41, 5.74) is 3.76. The van der Waals surface area contributed by atoms with Gasteiger partial charge in [0.15, 0.2) is 23.0 Å². The van der Waals surface area contributed by atoms with E-state index in [4.69, 9.17) is 4.74 Å². The van der Waals surface area contributed by atoms with Crippen LogP contribution in [0.3, 0.4) is 0 Å². The topological polar surface area (TPSA) is 71.8 Å². The van der Waals surface area contributed by atoms with Crippen LogP contribution in [0.5, 0.6) is 5.75 Å². The number of rotatable bonds is 5. The molecule has 4 aromatic rings. The minimum absolute atomic E-state index is 0.159. The van der Waals surface area contributed by atoms with E-state index in [1.165, 1.54) is 13.2 Å². The smallest absolute Gasteiger partial charge is 0.227 e. The fourth-order valence-electron chi connectivity index (χ4n) is 3.83. The number of carbonyl (C=O) groups excluding carboxylic acids is 1. The largest absolute Gasteiger partial charge is 0.494 e. The average Bonchev–Trinajstić information content (AvgIpc) is 3.41. The molecule has 1 amide bonds. The van der Waals surface area contributed by atoms with E-state index in [2.05, 4.69) is 15.3 Å². The van der Waals surface area contributed by atoms with E-state index in [0.717, 1.165) is 30.0 Å². The average molecular weight is 417 g/mol. The third-order valence-corrected chi connectivity index (χ3v) is 5.39. The molecule has 31 heavy (non-hydrogen) atoms. The van der Waals surface area contributed by atoms with Crippen LogP contribution in [-0.2, 0) is 4.79 Å². The number of benzene rings is 2. The third-order valence-electron chi connectivity index (χ3n) is 5.39. The Morgan fingerprint density at radius 2 is 1.97 bits per heavy atom. The Morgan fingerprint density at radius 1 is 1.13 bits per heavy atom. The first-order valence-electron chi connectivity index (χ1n) is 9.97. The number of carbonyl (C=O) groups is 1. The van der Waals surface area contributed by atoms with Crippen LogP contribution >= 0.6 is 0 Å². The summed E-state index contributed by atoms with van der Waals surface area (Å²) in [6.07, 6.45) is 6.63. The van der Waals surface area contributed by atoms with Crippen molar-refractivity contribution in [1.29, 1.82) is 0 Å². The highest BCUT2D eigenvalue weighted by Crippen LogP contribution is 2.29. The molecular formula is C23H20FN5O2. The van der Waals surface area contributed by atoms with Crippen molar-refractivity contribution >= 4 is 28.7 Å². The van der Waals surface area contributed by atoms with E-state index < -0.39 is 5.82 Å². The van der Waals surface area contributed by atoms with E-state index in [-0.39, 0.29) is 11.7 Å². The molecule has 2 aromatic carbocycles. The van der Waals surface area contributed by atoms with Gasteiger partial charge in [0.25, 0.3) is 0 Å². The van der Waals surface area contributed by atoms with Gasteiger partial charge in [0.1, 0.15) is 0 Å². The molecular weight excluding hydrogens is 397 g/mol. The number of halogens is 1.